The predicted molar refractivity (Wildman–Crippen MR) is 119 cm³/mol. The molecule has 1 aliphatic heterocycles. The fourth-order valence-corrected chi connectivity index (χ4v) is 4.64. The lowest BCUT2D eigenvalue weighted by Gasteiger charge is -2.42. The van der Waals surface area contributed by atoms with Gasteiger partial charge in [0.25, 0.3) is 5.91 Å². The van der Waals surface area contributed by atoms with Crippen LogP contribution >= 0.6 is 11.6 Å². The van der Waals surface area contributed by atoms with Gasteiger partial charge < -0.3 is 15.4 Å². The number of hydrogen-bond acceptors (Lipinski definition) is 4. The summed E-state index contributed by atoms with van der Waals surface area (Å²) in [6.45, 7) is 6.94. The summed E-state index contributed by atoms with van der Waals surface area (Å²) in [5.41, 5.74) is -0.632. The molecule has 7 nitrogen and oxygen atoms in total. The van der Waals surface area contributed by atoms with E-state index >= 15 is 0 Å². The maximum atomic E-state index is 13.0. The molecular weight excluding hydrogens is 418 g/mol. The second-order valence-corrected chi connectivity index (χ2v) is 9.61. The second kappa shape index (κ2) is 9.47. The molecule has 2 N–H and O–H groups in total. The van der Waals surface area contributed by atoms with Crippen LogP contribution in [0.5, 0.6) is 5.75 Å². The molecule has 1 saturated heterocycles. The molecule has 1 aromatic carbocycles. The molecule has 1 saturated carbocycles. The molecule has 2 fully saturated rings. The summed E-state index contributed by atoms with van der Waals surface area (Å²) in [6.07, 6.45) is 4.12. The van der Waals surface area contributed by atoms with Crippen molar-refractivity contribution in [2.45, 2.75) is 58.4 Å². The van der Waals surface area contributed by atoms with E-state index in [1.165, 1.54) is 0 Å². The molecule has 31 heavy (non-hydrogen) atoms. The molecule has 1 spiro atoms. The average Bonchev–Trinajstić information content (AvgIpc) is 2.95. The standard InChI is InChI=1S/C23H32ClN3O4/c1-4-22(2,3)16-8-10-23(11-9-16)20(29)27(21(30)26-23)15-19(28)25-12-13-31-18-7-5-6-17(24)14-18/h5-7,14,16H,4,8-13,15H2,1-3H3,(H,25,28)(H,26,30). The third-order valence-electron chi connectivity index (χ3n) is 6.89. The minimum absolute atomic E-state index is 0.222. The van der Waals surface area contributed by atoms with Crippen LogP contribution < -0.4 is 15.4 Å². The number of rotatable bonds is 8. The Hall–Kier alpha value is -2.28. The lowest BCUT2D eigenvalue weighted by molar-refractivity contribution is -0.136. The van der Waals surface area contributed by atoms with Crippen molar-refractivity contribution in [3.8, 4) is 5.75 Å². The molecule has 3 rings (SSSR count). The van der Waals surface area contributed by atoms with Gasteiger partial charge in [0, 0.05) is 5.02 Å². The summed E-state index contributed by atoms with van der Waals surface area (Å²) in [4.78, 5) is 38.8. The highest BCUT2D eigenvalue weighted by Crippen LogP contribution is 2.45. The fraction of sp³-hybridized carbons (Fsp3) is 0.609. The molecular formula is C23H32ClN3O4. The molecule has 0 bridgehead atoms. The van der Waals surface area contributed by atoms with Crippen LogP contribution in [0.25, 0.3) is 0 Å². The summed E-state index contributed by atoms with van der Waals surface area (Å²) < 4.78 is 5.53. The Morgan fingerprint density at radius 3 is 2.68 bits per heavy atom. The Morgan fingerprint density at radius 1 is 1.32 bits per heavy atom. The van der Waals surface area contributed by atoms with Crippen LogP contribution in [0.1, 0.15) is 52.9 Å². The van der Waals surface area contributed by atoms with Gasteiger partial charge in [0.15, 0.2) is 0 Å². The van der Waals surface area contributed by atoms with Crippen LogP contribution in [0, 0.1) is 11.3 Å². The van der Waals surface area contributed by atoms with E-state index in [0.717, 1.165) is 24.2 Å². The molecule has 8 heteroatoms. The van der Waals surface area contributed by atoms with E-state index in [2.05, 4.69) is 31.4 Å². The number of ether oxygens (including phenoxy) is 1. The molecule has 4 amide bonds. The zero-order valence-electron chi connectivity index (χ0n) is 18.5. The topological polar surface area (TPSA) is 87.7 Å². The monoisotopic (exact) mass is 449 g/mol. The largest absolute Gasteiger partial charge is 0.492 e. The minimum Gasteiger partial charge on any atom is -0.492 e. The Balaban J connectivity index is 1.47. The molecule has 2 aliphatic rings. The first-order valence-corrected chi connectivity index (χ1v) is 11.3. The van der Waals surface area contributed by atoms with Gasteiger partial charge in [0.1, 0.15) is 24.4 Å². The highest BCUT2D eigenvalue weighted by molar-refractivity contribution is 6.30. The number of halogens is 1. The first-order chi connectivity index (χ1) is 14.7. The zero-order valence-corrected chi connectivity index (χ0v) is 19.3. The molecule has 1 heterocycles. The first kappa shape index (κ1) is 23.4. The first-order valence-electron chi connectivity index (χ1n) is 11.0. The second-order valence-electron chi connectivity index (χ2n) is 9.18. The van der Waals surface area contributed by atoms with E-state index in [0.29, 0.717) is 29.5 Å². The van der Waals surface area contributed by atoms with Crippen LogP contribution in [0.15, 0.2) is 24.3 Å². The number of nitrogens with zero attached hydrogens (tertiary/aromatic N) is 1. The van der Waals surface area contributed by atoms with Gasteiger partial charge in [-0.1, -0.05) is 44.9 Å². The van der Waals surface area contributed by atoms with Crippen LogP contribution in [0.3, 0.4) is 0 Å². The van der Waals surface area contributed by atoms with Crippen LogP contribution in [0.4, 0.5) is 4.79 Å². The summed E-state index contributed by atoms with van der Waals surface area (Å²) >= 11 is 5.90. The lowest BCUT2D eigenvalue weighted by Crippen LogP contribution is -2.51. The molecule has 0 unspecified atom stereocenters. The summed E-state index contributed by atoms with van der Waals surface area (Å²) in [5, 5.41) is 6.14. The third kappa shape index (κ3) is 5.32. The number of hydrogen-bond donors (Lipinski definition) is 2. The van der Waals surface area contributed by atoms with E-state index in [-0.39, 0.29) is 31.0 Å². The number of imide groups is 1. The lowest BCUT2D eigenvalue weighted by atomic mass is 9.65. The Morgan fingerprint density at radius 2 is 2.03 bits per heavy atom. The maximum absolute atomic E-state index is 13.0. The van der Waals surface area contributed by atoms with Gasteiger partial charge in [-0.3, -0.25) is 14.5 Å². The van der Waals surface area contributed by atoms with E-state index < -0.39 is 17.5 Å². The number of nitrogens with one attached hydrogen (secondary N) is 2. The van der Waals surface area contributed by atoms with Crippen molar-refractivity contribution in [2.24, 2.45) is 11.3 Å². The van der Waals surface area contributed by atoms with Gasteiger partial charge in [-0.15, -0.1) is 0 Å². The smallest absolute Gasteiger partial charge is 0.325 e. The van der Waals surface area contributed by atoms with Gasteiger partial charge in [-0.2, -0.15) is 0 Å². The van der Waals surface area contributed by atoms with Gasteiger partial charge in [0.05, 0.1) is 6.54 Å². The van der Waals surface area contributed by atoms with Crippen molar-refractivity contribution < 1.29 is 19.1 Å². The molecule has 0 aromatic heterocycles. The van der Waals surface area contributed by atoms with Crippen LogP contribution in [0.2, 0.25) is 5.02 Å². The number of benzene rings is 1. The van der Waals surface area contributed by atoms with Gasteiger partial charge >= 0.3 is 6.03 Å². The van der Waals surface area contributed by atoms with E-state index in [1.54, 1.807) is 24.3 Å². The van der Waals surface area contributed by atoms with Gasteiger partial charge in [0.2, 0.25) is 5.91 Å². The van der Waals surface area contributed by atoms with E-state index in [4.69, 9.17) is 16.3 Å². The van der Waals surface area contributed by atoms with Crippen molar-refractivity contribution >= 4 is 29.4 Å². The Kier molecular flexibility index (Phi) is 7.14. The predicted octanol–water partition coefficient (Wildman–Crippen LogP) is 3.75. The molecule has 1 aliphatic carbocycles. The minimum atomic E-state index is -0.854. The summed E-state index contributed by atoms with van der Waals surface area (Å²) in [6, 6.07) is 6.51. The van der Waals surface area contributed by atoms with Crippen molar-refractivity contribution in [1.82, 2.24) is 15.5 Å². The van der Waals surface area contributed by atoms with Crippen molar-refractivity contribution in [3.63, 3.8) is 0 Å². The fourth-order valence-electron chi connectivity index (χ4n) is 4.46. The molecule has 0 atom stereocenters. The number of urea groups is 1. The summed E-state index contributed by atoms with van der Waals surface area (Å²) in [7, 11) is 0. The molecule has 1 aromatic rings. The SMILES string of the molecule is CCC(C)(C)C1CCC2(CC1)NC(=O)N(CC(=O)NCCOc1cccc(Cl)c1)C2=O. The zero-order chi connectivity index (χ0) is 22.6. The quantitative estimate of drug-likeness (QED) is 0.467. The number of carbonyl (C=O) groups is 3. The van der Waals surface area contributed by atoms with E-state index in [9.17, 15) is 14.4 Å². The van der Waals surface area contributed by atoms with Gasteiger partial charge in [-0.05, 0) is 55.2 Å². The van der Waals surface area contributed by atoms with Crippen molar-refractivity contribution in [1.29, 1.82) is 0 Å². The Labute approximate surface area is 188 Å². The number of amides is 4. The maximum Gasteiger partial charge on any atom is 0.325 e. The summed E-state index contributed by atoms with van der Waals surface area (Å²) in [5.74, 6) is 0.468. The van der Waals surface area contributed by atoms with Gasteiger partial charge in [-0.25, -0.2) is 4.79 Å². The molecule has 0 radical (unpaired) electrons. The third-order valence-corrected chi connectivity index (χ3v) is 7.13. The average molecular weight is 450 g/mol. The van der Waals surface area contributed by atoms with Crippen molar-refractivity contribution in [3.05, 3.63) is 29.3 Å². The number of carbonyl (C=O) groups excluding carboxylic acids is 3. The highest BCUT2D eigenvalue weighted by atomic mass is 35.5. The van der Waals surface area contributed by atoms with Crippen LogP contribution in [-0.4, -0.2) is 48.0 Å². The van der Waals surface area contributed by atoms with Crippen molar-refractivity contribution in [2.75, 3.05) is 19.7 Å². The highest BCUT2D eigenvalue weighted by Gasteiger charge is 2.53. The Bertz CT molecular complexity index is 834. The van der Waals surface area contributed by atoms with E-state index in [1.807, 2.05) is 0 Å². The normalized spacial score (nSPS) is 23.7. The van der Waals surface area contributed by atoms with Crippen LogP contribution in [-0.2, 0) is 9.59 Å². The molecule has 170 valence electrons.